The van der Waals surface area contributed by atoms with Crippen LogP contribution in [0, 0.1) is 5.82 Å². The number of anilines is 1. The summed E-state index contributed by atoms with van der Waals surface area (Å²) in [5, 5.41) is 0. The van der Waals surface area contributed by atoms with Gasteiger partial charge < -0.3 is 9.32 Å². The van der Waals surface area contributed by atoms with Crippen LogP contribution in [0.4, 0.5) is 10.1 Å². The number of halogens is 1. The van der Waals surface area contributed by atoms with Crippen LogP contribution in [0.2, 0.25) is 0 Å². The molecule has 0 saturated heterocycles. The van der Waals surface area contributed by atoms with Gasteiger partial charge in [-0.2, -0.15) is 0 Å². The molecule has 0 aliphatic carbocycles. The van der Waals surface area contributed by atoms with E-state index in [4.69, 9.17) is 4.42 Å². The Balaban J connectivity index is 1.45. The summed E-state index contributed by atoms with van der Waals surface area (Å²) in [7, 11) is 0. The molecule has 3 aromatic rings. The Morgan fingerprint density at radius 2 is 2.00 bits per heavy atom. The van der Waals surface area contributed by atoms with E-state index < -0.39 is 0 Å². The van der Waals surface area contributed by atoms with E-state index >= 15 is 0 Å². The molecule has 0 atom stereocenters. The molecule has 0 fully saturated rings. The molecule has 0 spiro atoms. The van der Waals surface area contributed by atoms with Gasteiger partial charge in [-0.25, -0.2) is 9.37 Å². The number of nitrogens with zero attached hydrogens (tertiary/aromatic N) is 2. The van der Waals surface area contributed by atoms with Crippen LogP contribution in [0.5, 0.6) is 0 Å². The second-order valence-corrected chi connectivity index (χ2v) is 6.38. The van der Waals surface area contributed by atoms with E-state index in [2.05, 4.69) is 4.98 Å². The molecule has 1 amide bonds. The molecule has 2 heterocycles. The van der Waals surface area contributed by atoms with Crippen LogP contribution in [0.25, 0.3) is 11.3 Å². The van der Waals surface area contributed by atoms with Crippen LogP contribution in [0.15, 0.2) is 59.1 Å². The highest BCUT2D eigenvalue weighted by Crippen LogP contribution is 2.30. The fourth-order valence-corrected chi connectivity index (χ4v) is 3.36. The first kappa shape index (κ1) is 16.5. The Kier molecular flexibility index (Phi) is 4.52. The summed E-state index contributed by atoms with van der Waals surface area (Å²) in [5.74, 6) is 0.763. The molecule has 2 aromatic carbocycles. The highest BCUT2D eigenvalue weighted by atomic mass is 19.1. The van der Waals surface area contributed by atoms with Gasteiger partial charge >= 0.3 is 0 Å². The zero-order valence-corrected chi connectivity index (χ0v) is 14.3. The Labute approximate surface area is 151 Å². The zero-order valence-electron chi connectivity index (χ0n) is 14.3. The normalized spacial score (nSPS) is 13.5. The van der Waals surface area contributed by atoms with E-state index in [0.29, 0.717) is 30.3 Å². The lowest BCUT2D eigenvalue weighted by Gasteiger charge is -2.29. The third kappa shape index (κ3) is 3.25. The third-order valence-corrected chi connectivity index (χ3v) is 4.63. The first-order valence-electron chi connectivity index (χ1n) is 8.80. The maximum atomic E-state index is 14.2. The lowest BCUT2D eigenvalue weighted by Crippen LogP contribution is -2.36. The number of aryl methyl sites for hydroxylation is 2. The first-order chi connectivity index (χ1) is 12.7. The Morgan fingerprint density at radius 3 is 2.85 bits per heavy atom. The van der Waals surface area contributed by atoms with E-state index in [1.165, 1.54) is 6.07 Å². The smallest absolute Gasteiger partial charge is 0.227 e. The van der Waals surface area contributed by atoms with E-state index in [-0.39, 0.29) is 18.1 Å². The van der Waals surface area contributed by atoms with Crippen molar-refractivity contribution < 1.29 is 13.6 Å². The van der Waals surface area contributed by atoms with Crippen molar-refractivity contribution in [1.82, 2.24) is 4.98 Å². The third-order valence-electron chi connectivity index (χ3n) is 4.63. The summed E-state index contributed by atoms with van der Waals surface area (Å²) in [6.07, 6.45) is 3.95. The van der Waals surface area contributed by atoms with Gasteiger partial charge in [-0.05, 0) is 24.5 Å². The number of carbonyl (C=O) groups excluding carboxylic acids is 1. The topological polar surface area (TPSA) is 46.3 Å². The van der Waals surface area contributed by atoms with Crippen LogP contribution in [-0.2, 0) is 17.6 Å². The van der Waals surface area contributed by atoms with Gasteiger partial charge in [0.25, 0.3) is 0 Å². The molecule has 0 bridgehead atoms. The predicted molar refractivity (Wildman–Crippen MR) is 97.3 cm³/mol. The fourth-order valence-electron chi connectivity index (χ4n) is 3.36. The van der Waals surface area contributed by atoms with Crippen molar-refractivity contribution in [2.45, 2.75) is 25.7 Å². The molecule has 5 heteroatoms. The Hall–Kier alpha value is -2.95. The van der Waals surface area contributed by atoms with Gasteiger partial charge in [0, 0.05) is 24.9 Å². The summed E-state index contributed by atoms with van der Waals surface area (Å²) in [6, 6.07) is 14.7. The van der Waals surface area contributed by atoms with Crippen molar-refractivity contribution in [2.75, 3.05) is 11.4 Å². The Morgan fingerprint density at radius 1 is 1.15 bits per heavy atom. The molecular formula is C21H19FN2O2. The van der Waals surface area contributed by atoms with Crippen LogP contribution in [0.3, 0.4) is 0 Å². The van der Waals surface area contributed by atoms with E-state index in [9.17, 15) is 9.18 Å². The molecule has 0 unspecified atom stereocenters. The highest BCUT2D eigenvalue weighted by Gasteiger charge is 2.25. The second-order valence-electron chi connectivity index (χ2n) is 6.38. The van der Waals surface area contributed by atoms with Crippen LogP contribution in [0.1, 0.15) is 24.3 Å². The van der Waals surface area contributed by atoms with Crippen molar-refractivity contribution >= 4 is 11.6 Å². The number of hydrogen-bond acceptors (Lipinski definition) is 3. The number of para-hydroxylation sites is 1. The molecule has 4 rings (SSSR count). The quantitative estimate of drug-likeness (QED) is 0.701. The van der Waals surface area contributed by atoms with Crippen LogP contribution < -0.4 is 4.90 Å². The van der Waals surface area contributed by atoms with Crippen molar-refractivity contribution in [1.29, 1.82) is 0 Å². The second kappa shape index (κ2) is 7.12. The molecule has 0 saturated carbocycles. The lowest BCUT2D eigenvalue weighted by molar-refractivity contribution is -0.118. The highest BCUT2D eigenvalue weighted by molar-refractivity contribution is 5.94. The standard InChI is InChI=1S/C21H19FN2O2/c22-17-10-4-8-16-9-5-13-24(21(16)17)20(25)12-11-19-23-14-18(26-19)15-6-2-1-3-7-15/h1-4,6-8,10,14H,5,9,11-13H2. The van der Waals surface area contributed by atoms with E-state index in [1.807, 2.05) is 36.4 Å². The minimum atomic E-state index is -0.335. The fraction of sp³-hybridized carbons (Fsp3) is 0.238. The zero-order chi connectivity index (χ0) is 17.9. The number of oxazole rings is 1. The molecule has 1 aromatic heterocycles. The predicted octanol–water partition coefficient (Wildman–Crippen LogP) is 4.39. The number of rotatable bonds is 4. The number of amides is 1. The SMILES string of the molecule is O=C(CCc1ncc(-c2ccccc2)o1)N1CCCc2cccc(F)c21. The Bertz CT molecular complexity index is 921. The number of fused-ring (bicyclic) bond motifs is 1. The number of carbonyl (C=O) groups is 1. The largest absolute Gasteiger partial charge is 0.441 e. The van der Waals surface area contributed by atoms with Gasteiger partial charge in [-0.15, -0.1) is 0 Å². The average molecular weight is 350 g/mol. The molecular weight excluding hydrogens is 331 g/mol. The summed E-state index contributed by atoms with van der Waals surface area (Å²) < 4.78 is 20.0. The summed E-state index contributed by atoms with van der Waals surface area (Å²) >= 11 is 0. The summed E-state index contributed by atoms with van der Waals surface area (Å²) in [5.41, 5.74) is 2.28. The molecule has 0 radical (unpaired) electrons. The van der Waals surface area contributed by atoms with Gasteiger partial charge in [-0.3, -0.25) is 4.79 Å². The maximum absolute atomic E-state index is 14.2. The van der Waals surface area contributed by atoms with Crippen LogP contribution >= 0.6 is 0 Å². The molecule has 0 N–H and O–H groups in total. The minimum Gasteiger partial charge on any atom is -0.441 e. The monoisotopic (exact) mass is 350 g/mol. The van der Waals surface area contributed by atoms with Crippen LogP contribution in [-0.4, -0.2) is 17.4 Å². The van der Waals surface area contributed by atoms with Gasteiger partial charge in [0.15, 0.2) is 11.7 Å². The average Bonchev–Trinajstić information content (AvgIpc) is 3.16. The van der Waals surface area contributed by atoms with E-state index in [1.54, 1.807) is 17.2 Å². The van der Waals surface area contributed by atoms with Crippen molar-refractivity contribution in [3.63, 3.8) is 0 Å². The summed E-state index contributed by atoms with van der Waals surface area (Å²) in [4.78, 5) is 18.5. The molecule has 1 aliphatic heterocycles. The summed E-state index contributed by atoms with van der Waals surface area (Å²) in [6.45, 7) is 0.549. The van der Waals surface area contributed by atoms with Gasteiger partial charge in [-0.1, -0.05) is 42.5 Å². The minimum absolute atomic E-state index is 0.101. The van der Waals surface area contributed by atoms with Gasteiger partial charge in [0.05, 0.1) is 11.9 Å². The molecule has 1 aliphatic rings. The van der Waals surface area contributed by atoms with Gasteiger partial charge in [0.1, 0.15) is 5.82 Å². The van der Waals surface area contributed by atoms with Crippen molar-refractivity contribution in [3.05, 3.63) is 72.0 Å². The van der Waals surface area contributed by atoms with Crippen molar-refractivity contribution in [3.8, 4) is 11.3 Å². The first-order valence-corrected chi connectivity index (χ1v) is 8.80. The van der Waals surface area contributed by atoms with Crippen molar-refractivity contribution in [2.24, 2.45) is 0 Å². The van der Waals surface area contributed by atoms with Gasteiger partial charge in [0.2, 0.25) is 5.91 Å². The maximum Gasteiger partial charge on any atom is 0.227 e. The molecule has 26 heavy (non-hydrogen) atoms. The molecule has 4 nitrogen and oxygen atoms in total. The van der Waals surface area contributed by atoms with E-state index in [0.717, 1.165) is 24.0 Å². The lowest BCUT2D eigenvalue weighted by atomic mass is 10.0. The number of benzene rings is 2. The number of hydrogen-bond donors (Lipinski definition) is 0. The molecule has 132 valence electrons. The number of aromatic nitrogens is 1.